The Kier molecular flexibility index (Phi) is 6.77. The van der Waals surface area contributed by atoms with Crippen LogP contribution in [0.2, 0.25) is 10.0 Å². The highest BCUT2D eigenvalue weighted by Gasteiger charge is 2.47. The van der Waals surface area contributed by atoms with Gasteiger partial charge in [0, 0.05) is 17.4 Å². The molecule has 1 unspecified atom stereocenters. The maximum absolute atomic E-state index is 13.2. The number of aromatic nitrogens is 1. The Labute approximate surface area is 206 Å². The SMILES string of the molecule is CCOc1ccc(N2C(=O)C(=O)/C(=C(/O)c3cc(Cl)c(OC)c(Cl)c3)C2c2ccccn2)cc1. The Bertz CT molecular complexity index is 1250. The maximum Gasteiger partial charge on any atom is 0.300 e. The molecule has 3 aromatic rings. The Hall–Kier alpha value is -3.55. The summed E-state index contributed by atoms with van der Waals surface area (Å²) in [5, 5.41) is 11.5. The topological polar surface area (TPSA) is 89.0 Å². The molecule has 34 heavy (non-hydrogen) atoms. The number of benzene rings is 2. The van der Waals surface area contributed by atoms with Crippen LogP contribution in [0.25, 0.3) is 5.76 Å². The molecule has 1 saturated heterocycles. The van der Waals surface area contributed by atoms with Crippen LogP contribution in [0.3, 0.4) is 0 Å². The van der Waals surface area contributed by atoms with Gasteiger partial charge in [-0.2, -0.15) is 0 Å². The van der Waals surface area contributed by atoms with Crippen LogP contribution in [0.4, 0.5) is 5.69 Å². The first-order chi connectivity index (χ1) is 16.4. The third-order valence-corrected chi connectivity index (χ3v) is 5.88. The van der Waals surface area contributed by atoms with Gasteiger partial charge in [-0.3, -0.25) is 19.5 Å². The van der Waals surface area contributed by atoms with Gasteiger partial charge in [-0.05, 0) is 55.5 Å². The minimum absolute atomic E-state index is 0.130. The number of hydrogen-bond acceptors (Lipinski definition) is 6. The molecule has 1 fully saturated rings. The molecule has 4 rings (SSSR count). The van der Waals surface area contributed by atoms with Crippen molar-refractivity contribution in [2.75, 3.05) is 18.6 Å². The molecule has 1 atom stereocenters. The summed E-state index contributed by atoms with van der Waals surface area (Å²) in [5.74, 6) is -1.22. The van der Waals surface area contributed by atoms with Gasteiger partial charge in [0.2, 0.25) is 0 Å². The van der Waals surface area contributed by atoms with E-state index in [1.807, 2.05) is 6.92 Å². The highest BCUT2D eigenvalue weighted by atomic mass is 35.5. The number of ketones is 1. The van der Waals surface area contributed by atoms with E-state index in [9.17, 15) is 14.7 Å². The molecule has 7 nitrogen and oxygen atoms in total. The molecule has 1 N–H and O–H groups in total. The number of carbonyl (C=O) groups is 2. The lowest BCUT2D eigenvalue weighted by atomic mass is 9.98. The van der Waals surface area contributed by atoms with E-state index in [1.54, 1.807) is 48.7 Å². The molecular weight excluding hydrogens is 479 g/mol. The average molecular weight is 499 g/mol. The lowest BCUT2D eigenvalue weighted by molar-refractivity contribution is -0.132. The fourth-order valence-corrected chi connectivity index (χ4v) is 4.47. The van der Waals surface area contributed by atoms with Gasteiger partial charge in [-0.1, -0.05) is 29.3 Å². The standard InChI is InChI=1S/C25H20Cl2N2O5/c1-3-34-16-9-7-15(8-10-16)29-21(19-6-4-5-11-28-19)20(23(31)25(29)32)22(30)14-12-17(26)24(33-2)18(27)13-14/h4-13,21,30H,3H2,1-2H3/b22-20+. The summed E-state index contributed by atoms with van der Waals surface area (Å²) in [4.78, 5) is 32.0. The van der Waals surface area contributed by atoms with Crippen molar-refractivity contribution in [3.05, 3.63) is 87.7 Å². The molecule has 2 heterocycles. The average Bonchev–Trinajstić information content (AvgIpc) is 3.10. The Morgan fingerprint density at radius 1 is 1.09 bits per heavy atom. The summed E-state index contributed by atoms with van der Waals surface area (Å²) in [6, 6.07) is 13.8. The van der Waals surface area contributed by atoms with Crippen LogP contribution in [-0.2, 0) is 9.59 Å². The van der Waals surface area contributed by atoms with Crippen LogP contribution < -0.4 is 14.4 Å². The number of Topliss-reactive ketones (excluding diaryl/α,β-unsaturated/α-hetero) is 1. The Morgan fingerprint density at radius 2 is 1.76 bits per heavy atom. The van der Waals surface area contributed by atoms with E-state index in [0.717, 1.165) is 0 Å². The van der Waals surface area contributed by atoms with Crippen LogP contribution >= 0.6 is 23.2 Å². The first kappa shape index (κ1) is 23.6. The Balaban J connectivity index is 1.90. The van der Waals surface area contributed by atoms with Crippen LogP contribution in [0.1, 0.15) is 24.2 Å². The number of aliphatic hydroxyl groups is 1. The van der Waals surface area contributed by atoms with Gasteiger partial charge in [0.1, 0.15) is 17.6 Å². The third-order valence-electron chi connectivity index (χ3n) is 5.31. The fraction of sp³-hybridized carbons (Fsp3) is 0.160. The molecule has 1 amide bonds. The highest BCUT2D eigenvalue weighted by Crippen LogP contribution is 2.43. The van der Waals surface area contributed by atoms with E-state index in [-0.39, 0.29) is 26.9 Å². The van der Waals surface area contributed by atoms with Gasteiger partial charge in [0.25, 0.3) is 11.7 Å². The molecule has 174 valence electrons. The minimum Gasteiger partial charge on any atom is -0.507 e. The summed E-state index contributed by atoms with van der Waals surface area (Å²) in [6.07, 6.45) is 1.55. The highest BCUT2D eigenvalue weighted by molar-refractivity contribution is 6.51. The van der Waals surface area contributed by atoms with Gasteiger partial charge < -0.3 is 14.6 Å². The molecule has 1 aliphatic heterocycles. The largest absolute Gasteiger partial charge is 0.507 e. The molecule has 0 aliphatic carbocycles. The van der Waals surface area contributed by atoms with Crippen LogP contribution in [0, 0.1) is 0 Å². The second-order valence-corrected chi connectivity index (χ2v) is 8.14. The summed E-state index contributed by atoms with van der Waals surface area (Å²) in [5.41, 5.74) is 0.894. The zero-order chi connectivity index (χ0) is 24.4. The monoisotopic (exact) mass is 498 g/mol. The van der Waals surface area contributed by atoms with Crippen molar-refractivity contribution in [1.82, 2.24) is 4.98 Å². The van der Waals surface area contributed by atoms with Crippen molar-refractivity contribution in [3.63, 3.8) is 0 Å². The van der Waals surface area contributed by atoms with E-state index in [4.69, 9.17) is 32.7 Å². The zero-order valence-corrected chi connectivity index (χ0v) is 19.8. The van der Waals surface area contributed by atoms with E-state index < -0.39 is 23.5 Å². The van der Waals surface area contributed by atoms with Crippen LogP contribution in [0.5, 0.6) is 11.5 Å². The molecule has 0 bridgehead atoms. The van der Waals surface area contributed by atoms with Gasteiger partial charge in [-0.25, -0.2) is 0 Å². The number of ether oxygens (including phenoxy) is 2. The number of aliphatic hydroxyl groups excluding tert-OH is 1. The smallest absolute Gasteiger partial charge is 0.300 e. The maximum atomic E-state index is 13.2. The predicted octanol–water partition coefficient (Wildman–Crippen LogP) is 5.42. The summed E-state index contributed by atoms with van der Waals surface area (Å²) in [6.45, 7) is 2.36. The van der Waals surface area contributed by atoms with Crippen molar-refractivity contribution < 1.29 is 24.2 Å². The van der Waals surface area contributed by atoms with E-state index in [0.29, 0.717) is 23.7 Å². The molecule has 1 aliphatic rings. The van der Waals surface area contributed by atoms with Crippen LogP contribution in [0.15, 0.2) is 66.4 Å². The molecule has 9 heteroatoms. The van der Waals surface area contributed by atoms with Crippen molar-refractivity contribution in [1.29, 1.82) is 0 Å². The second-order valence-electron chi connectivity index (χ2n) is 7.32. The normalized spacial score (nSPS) is 17.2. The van der Waals surface area contributed by atoms with Gasteiger partial charge in [-0.15, -0.1) is 0 Å². The number of amides is 1. The molecule has 0 saturated carbocycles. The number of rotatable bonds is 6. The van der Waals surface area contributed by atoms with E-state index in [1.165, 1.54) is 24.1 Å². The number of halogens is 2. The molecule has 0 spiro atoms. The van der Waals surface area contributed by atoms with Gasteiger partial charge in [0.05, 0.1) is 35.0 Å². The zero-order valence-electron chi connectivity index (χ0n) is 18.3. The number of hydrogen-bond donors (Lipinski definition) is 1. The fourth-order valence-electron chi connectivity index (χ4n) is 3.83. The van der Waals surface area contributed by atoms with Gasteiger partial charge in [0.15, 0.2) is 5.75 Å². The van der Waals surface area contributed by atoms with Crippen molar-refractivity contribution in [2.45, 2.75) is 13.0 Å². The predicted molar refractivity (Wildman–Crippen MR) is 130 cm³/mol. The van der Waals surface area contributed by atoms with Crippen molar-refractivity contribution in [2.24, 2.45) is 0 Å². The summed E-state index contributed by atoms with van der Waals surface area (Å²) < 4.78 is 10.6. The second kappa shape index (κ2) is 9.75. The van der Waals surface area contributed by atoms with E-state index in [2.05, 4.69) is 4.98 Å². The van der Waals surface area contributed by atoms with Crippen molar-refractivity contribution in [3.8, 4) is 11.5 Å². The van der Waals surface area contributed by atoms with Crippen LogP contribution in [-0.4, -0.2) is 35.5 Å². The lowest BCUT2D eigenvalue weighted by Gasteiger charge is -2.24. The lowest BCUT2D eigenvalue weighted by Crippen LogP contribution is -2.29. The minimum atomic E-state index is -0.973. The first-order valence-corrected chi connectivity index (χ1v) is 11.1. The quantitative estimate of drug-likeness (QED) is 0.277. The van der Waals surface area contributed by atoms with E-state index >= 15 is 0 Å². The molecule has 1 aromatic heterocycles. The number of nitrogens with zero attached hydrogens (tertiary/aromatic N) is 2. The first-order valence-electron chi connectivity index (χ1n) is 10.4. The molecular formula is C25H20Cl2N2O5. The number of methoxy groups -OCH3 is 1. The molecule has 0 radical (unpaired) electrons. The van der Waals surface area contributed by atoms with Gasteiger partial charge >= 0.3 is 0 Å². The molecule has 2 aromatic carbocycles. The number of pyridine rings is 1. The number of carbonyl (C=O) groups excluding carboxylic acids is 2. The summed E-state index contributed by atoms with van der Waals surface area (Å²) in [7, 11) is 1.41. The van der Waals surface area contributed by atoms with Crippen molar-refractivity contribution >= 4 is 46.3 Å². The Morgan fingerprint density at radius 3 is 2.32 bits per heavy atom. The third kappa shape index (κ3) is 4.20. The number of anilines is 1. The summed E-state index contributed by atoms with van der Waals surface area (Å²) >= 11 is 12.5.